The summed E-state index contributed by atoms with van der Waals surface area (Å²) in [7, 11) is 3.20. The second-order valence-electron chi connectivity index (χ2n) is 5.33. The molecule has 0 unspecified atom stereocenters. The number of hydrogen-bond acceptors (Lipinski definition) is 6. The minimum atomic E-state index is 0.367. The summed E-state index contributed by atoms with van der Waals surface area (Å²) >= 11 is 5.28. The van der Waals surface area contributed by atoms with Crippen molar-refractivity contribution in [2.75, 3.05) is 14.2 Å². The largest absolute Gasteiger partial charge is 0.497 e. The summed E-state index contributed by atoms with van der Waals surface area (Å²) in [6.45, 7) is 3.86. The van der Waals surface area contributed by atoms with E-state index in [1.807, 2.05) is 32.0 Å². The second-order valence-corrected chi connectivity index (χ2v) is 5.72. The minimum absolute atomic E-state index is 0.367. The monoisotopic (exact) mass is 358 g/mol. The first-order chi connectivity index (χ1) is 12.0. The van der Waals surface area contributed by atoms with E-state index in [0.29, 0.717) is 22.2 Å². The van der Waals surface area contributed by atoms with Crippen LogP contribution in [-0.2, 0) is 0 Å². The maximum absolute atomic E-state index is 5.38. The first-order valence-electron chi connectivity index (χ1n) is 7.51. The predicted octanol–water partition coefficient (Wildman–Crippen LogP) is 2.64. The first-order valence-corrected chi connectivity index (χ1v) is 7.91. The molecule has 2 aromatic heterocycles. The highest BCUT2D eigenvalue weighted by Crippen LogP contribution is 2.23. The number of H-pyrrole nitrogens is 1. The number of hydrogen-bond donors (Lipinski definition) is 1. The van der Waals surface area contributed by atoms with E-state index < -0.39 is 0 Å². The van der Waals surface area contributed by atoms with Crippen LogP contribution in [-0.4, -0.2) is 45.1 Å². The van der Waals surface area contributed by atoms with Gasteiger partial charge in [0.1, 0.15) is 11.5 Å². The van der Waals surface area contributed by atoms with Crippen LogP contribution in [0.15, 0.2) is 29.4 Å². The summed E-state index contributed by atoms with van der Waals surface area (Å²) in [6.07, 6.45) is 1.65. The number of benzene rings is 1. The lowest BCUT2D eigenvalue weighted by Gasteiger charge is -2.07. The highest BCUT2D eigenvalue weighted by atomic mass is 32.1. The van der Waals surface area contributed by atoms with Crippen molar-refractivity contribution in [2.45, 2.75) is 13.8 Å². The van der Waals surface area contributed by atoms with E-state index in [-0.39, 0.29) is 0 Å². The van der Waals surface area contributed by atoms with E-state index >= 15 is 0 Å². The Hall–Kier alpha value is -2.94. The number of aromatic amines is 1. The van der Waals surface area contributed by atoms with Crippen molar-refractivity contribution >= 4 is 18.4 Å². The van der Waals surface area contributed by atoms with Gasteiger partial charge in [-0.1, -0.05) is 0 Å². The van der Waals surface area contributed by atoms with E-state index in [9.17, 15) is 0 Å². The lowest BCUT2D eigenvalue weighted by Crippen LogP contribution is -2.07. The average Bonchev–Trinajstić information content (AvgIpc) is 3.14. The van der Waals surface area contributed by atoms with Crippen molar-refractivity contribution < 1.29 is 9.47 Å². The number of ether oxygens (including phenoxy) is 2. The van der Waals surface area contributed by atoms with Gasteiger partial charge in [0, 0.05) is 17.3 Å². The third kappa shape index (κ3) is 3.31. The zero-order chi connectivity index (χ0) is 18.0. The topological polar surface area (TPSA) is 82.3 Å². The van der Waals surface area contributed by atoms with Crippen molar-refractivity contribution in [1.29, 1.82) is 0 Å². The molecule has 0 aliphatic carbocycles. The van der Waals surface area contributed by atoms with Crippen LogP contribution in [0.3, 0.4) is 0 Å². The molecular weight excluding hydrogens is 340 g/mol. The predicted molar refractivity (Wildman–Crippen MR) is 96.5 cm³/mol. The van der Waals surface area contributed by atoms with Gasteiger partial charge in [-0.25, -0.2) is 9.78 Å². The Balaban J connectivity index is 2.02. The molecule has 0 spiro atoms. The van der Waals surface area contributed by atoms with Crippen LogP contribution in [0.25, 0.3) is 5.95 Å². The summed E-state index contributed by atoms with van der Waals surface area (Å²) in [6, 6.07) is 7.43. The third-order valence-electron chi connectivity index (χ3n) is 3.59. The molecule has 0 atom stereocenters. The lowest BCUT2D eigenvalue weighted by atomic mass is 10.2. The first kappa shape index (κ1) is 16.9. The number of aryl methyl sites for hydroxylation is 2. The fraction of sp³-hybridized carbons (Fsp3) is 0.250. The lowest BCUT2D eigenvalue weighted by molar-refractivity contribution is 0.394. The van der Waals surface area contributed by atoms with Gasteiger partial charge in [0.05, 0.1) is 26.1 Å². The normalized spacial score (nSPS) is 11.2. The number of aromatic nitrogens is 5. The number of nitrogens with zero attached hydrogens (tertiary/aromatic N) is 5. The van der Waals surface area contributed by atoms with Crippen LogP contribution in [0.4, 0.5) is 0 Å². The van der Waals surface area contributed by atoms with Gasteiger partial charge < -0.3 is 9.47 Å². The molecule has 3 rings (SSSR count). The van der Waals surface area contributed by atoms with Crippen LogP contribution in [0.2, 0.25) is 0 Å². The Morgan fingerprint density at radius 2 is 2.00 bits per heavy atom. The maximum atomic E-state index is 5.38. The summed E-state index contributed by atoms with van der Waals surface area (Å²) in [5.41, 5.74) is 2.61. The van der Waals surface area contributed by atoms with E-state index in [0.717, 1.165) is 17.0 Å². The Bertz CT molecular complexity index is 985. The quantitative estimate of drug-likeness (QED) is 0.560. The summed E-state index contributed by atoms with van der Waals surface area (Å²) in [4.78, 5) is 0. The van der Waals surface area contributed by atoms with Gasteiger partial charge >= 0.3 is 0 Å². The molecule has 130 valence electrons. The SMILES string of the molecule is COc1ccc(/C=N/n2c(-n3nc(C)cc3C)n[nH]c2=S)c(OC)c1. The van der Waals surface area contributed by atoms with Crippen molar-refractivity contribution in [3.8, 4) is 17.4 Å². The molecule has 0 bridgehead atoms. The van der Waals surface area contributed by atoms with Gasteiger partial charge in [0.2, 0.25) is 4.77 Å². The molecule has 9 heteroatoms. The highest BCUT2D eigenvalue weighted by molar-refractivity contribution is 7.71. The number of rotatable bonds is 5. The van der Waals surface area contributed by atoms with Crippen LogP contribution in [0.5, 0.6) is 11.5 Å². The molecule has 0 aliphatic heterocycles. The molecule has 0 saturated carbocycles. The molecule has 1 N–H and O–H groups in total. The van der Waals surface area contributed by atoms with Crippen molar-refractivity contribution in [3.63, 3.8) is 0 Å². The van der Waals surface area contributed by atoms with Crippen molar-refractivity contribution in [1.82, 2.24) is 24.7 Å². The third-order valence-corrected chi connectivity index (χ3v) is 3.85. The molecule has 0 saturated heterocycles. The molecule has 2 heterocycles. The van der Waals surface area contributed by atoms with Gasteiger partial charge in [-0.05, 0) is 44.3 Å². The fourth-order valence-electron chi connectivity index (χ4n) is 2.40. The van der Waals surface area contributed by atoms with Gasteiger partial charge in [-0.15, -0.1) is 5.10 Å². The van der Waals surface area contributed by atoms with Crippen LogP contribution in [0.1, 0.15) is 17.0 Å². The summed E-state index contributed by atoms with van der Waals surface area (Å²) in [5, 5.41) is 15.8. The zero-order valence-corrected chi connectivity index (χ0v) is 15.2. The fourth-order valence-corrected chi connectivity index (χ4v) is 2.58. The Morgan fingerprint density at radius 3 is 2.64 bits per heavy atom. The molecule has 3 aromatic rings. The number of nitrogens with one attached hydrogen (secondary N) is 1. The standard InChI is InChI=1S/C16H18N6O2S/c1-10-7-11(2)21(20-10)15-18-19-16(25)22(15)17-9-12-5-6-13(23-3)8-14(12)24-4/h5-9H,1-4H3,(H,19,25)/b17-9+. The van der Waals surface area contributed by atoms with Crippen LogP contribution in [0, 0.1) is 18.6 Å². The Morgan fingerprint density at radius 1 is 1.20 bits per heavy atom. The molecule has 0 radical (unpaired) electrons. The molecule has 8 nitrogen and oxygen atoms in total. The van der Waals surface area contributed by atoms with Gasteiger partial charge in [0.15, 0.2) is 0 Å². The smallest absolute Gasteiger partial charge is 0.271 e. The maximum Gasteiger partial charge on any atom is 0.271 e. The van der Waals surface area contributed by atoms with Crippen LogP contribution >= 0.6 is 12.2 Å². The summed E-state index contributed by atoms with van der Waals surface area (Å²) in [5.74, 6) is 1.84. The molecule has 0 fully saturated rings. The summed E-state index contributed by atoms with van der Waals surface area (Å²) < 4.78 is 14.1. The van der Waals surface area contributed by atoms with Gasteiger partial charge in [-0.3, -0.25) is 0 Å². The Labute approximate surface area is 149 Å². The molecular formula is C16H18N6O2S. The van der Waals surface area contributed by atoms with Crippen molar-refractivity contribution in [3.05, 3.63) is 46.0 Å². The van der Waals surface area contributed by atoms with E-state index in [2.05, 4.69) is 20.4 Å². The zero-order valence-electron chi connectivity index (χ0n) is 14.3. The average molecular weight is 358 g/mol. The highest BCUT2D eigenvalue weighted by Gasteiger charge is 2.12. The second kappa shape index (κ2) is 6.89. The number of methoxy groups -OCH3 is 2. The minimum Gasteiger partial charge on any atom is -0.497 e. The molecule has 25 heavy (non-hydrogen) atoms. The molecule has 0 aliphatic rings. The van der Waals surface area contributed by atoms with Crippen LogP contribution < -0.4 is 9.47 Å². The molecule has 1 aromatic carbocycles. The van der Waals surface area contributed by atoms with E-state index in [1.165, 1.54) is 4.68 Å². The van der Waals surface area contributed by atoms with Gasteiger partial charge in [-0.2, -0.15) is 14.9 Å². The van der Waals surface area contributed by atoms with Crippen molar-refractivity contribution in [2.24, 2.45) is 5.10 Å². The van der Waals surface area contributed by atoms with E-state index in [4.69, 9.17) is 21.7 Å². The van der Waals surface area contributed by atoms with E-state index in [1.54, 1.807) is 31.2 Å². The Kier molecular flexibility index (Phi) is 4.66. The van der Waals surface area contributed by atoms with Gasteiger partial charge in [0.25, 0.3) is 5.95 Å². The molecule has 0 amide bonds.